The number of allylic oxidation sites excluding steroid dienone is 1. The van der Waals surface area contributed by atoms with Crippen molar-refractivity contribution >= 4 is 11.0 Å². The lowest BCUT2D eigenvalue weighted by Gasteiger charge is -2.37. The maximum absolute atomic E-state index is 14.7. The first-order valence-corrected chi connectivity index (χ1v) is 8.82. The van der Waals surface area contributed by atoms with E-state index in [0.717, 1.165) is 32.7 Å². The van der Waals surface area contributed by atoms with E-state index in [-0.39, 0.29) is 16.9 Å². The largest absolute Gasteiger partial charge is 0.375 e. The van der Waals surface area contributed by atoms with Gasteiger partial charge in [0.2, 0.25) is 0 Å². The number of rotatable bonds is 3. The predicted molar refractivity (Wildman–Crippen MR) is 99.0 cm³/mol. The molecule has 2 aliphatic heterocycles. The summed E-state index contributed by atoms with van der Waals surface area (Å²) < 4.78 is 14.7. The number of benzene rings is 1. The van der Waals surface area contributed by atoms with Crippen LogP contribution in [0.5, 0.6) is 0 Å². The fraction of sp³-hybridized carbons (Fsp3) is 0.368. The Hall–Kier alpha value is -2.67. The monoisotopic (exact) mass is 355 g/mol. The number of nitrogens with zero attached hydrogens (tertiary/aromatic N) is 4. The van der Waals surface area contributed by atoms with E-state index >= 15 is 0 Å². The molecule has 6 nitrogen and oxygen atoms in total. The number of likely N-dealkylation sites (N-methyl/N-ethyl adjacent to an activating group) is 1. The molecule has 1 N–H and O–H groups in total. The van der Waals surface area contributed by atoms with Gasteiger partial charge >= 0.3 is 0 Å². The molecule has 0 radical (unpaired) electrons. The maximum Gasteiger partial charge on any atom is 0.266 e. The zero-order valence-electron chi connectivity index (χ0n) is 14.8. The molecule has 1 aromatic carbocycles. The Morgan fingerprint density at radius 2 is 2.04 bits per heavy atom. The van der Waals surface area contributed by atoms with Gasteiger partial charge in [-0.3, -0.25) is 9.69 Å². The summed E-state index contributed by atoms with van der Waals surface area (Å²) in [5.41, 5.74) is 2.09. The van der Waals surface area contributed by atoms with Crippen LogP contribution >= 0.6 is 0 Å². The Bertz CT molecular complexity index is 927. The van der Waals surface area contributed by atoms with Crippen LogP contribution in [0.2, 0.25) is 0 Å². The highest BCUT2D eigenvalue weighted by Crippen LogP contribution is 2.20. The minimum atomic E-state index is -0.388. The van der Waals surface area contributed by atoms with Crippen molar-refractivity contribution in [1.29, 1.82) is 0 Å². The lowest BCUT2D eigenvalue weighted by Crippen LogP contribution is -2.45. The quantitative estimate of drug-likeness (QED) is 0.905. The molecule has 2 aromatic rings. The van der Waals surface area contributed by atoms with Crippen molar-refractivity contribution in [3.05, 3.63) is 64.1 Å². The molecule has 4 rings (SSSR count). The Morgan fingerprint density at radius 1 is 1.23 bits per heavy atom. The third kappa shape index (κ3) is 3.35. The van der Waals surface area contributed by atoms with Gasteiger partial charge in [0, 0.05) is 58.1 Å². The van der Waals surface area contributed by atoms with E-state index < -0.39 is 0 Å². The average Bonchev–Trinajstić information content (AvgIpc) is 2.65. The van der Waals surface area contributed by atoms with Gasteiger partial charge in [-0.05, 0) is 12.1 Å². The average molecular weight is 355 g/mol. The van der Waals surface area contributed by atoms with Gasteiger partial charge in [0.1, 0.15) is 5.52 Å². The summed E-state index contributed by atoms with van der Waals surface area (Å²) in [6.45, 7) is 5.05. The molecule has 3 heterocycles. The molecule has 1 saturated heterocycles. The topological polar surface area (TPSA) is 55.5 Å². The number of aromatic amines is 1. The number of H-pyrrole nitrogens is 1. The summed E-state index contributed by atoms with van der Waals surface area (Å²) in [5, 5.41) is 0. The van der Waals surface area contributed by atoms with Crippen molar-refractivity contribution in [2.75, 3.05) is 39.8 Å². The molecule has 0 aliphatic carbocycles. The van der Waals surface area contributed by atoms with Crippen molar-refractivity contribution in [1.82, 2.24) is 24.7 Å². The van der Waals surface area contributed by atoms with Crippen LogP contribution < -0.4 is 5.56 Å². The molecule has 0 bridgehead atoms. The summed E-state index contributed by atoms with van der Waals surface area (Å²) in [4.78, 5) is 24.7. The van der Waals surface area contributed by atoms with Gasteiger partial charge in [-0.15, -0.1) is 0 Å². The molecule has 0 atom stereocenters. The number of fused-ring (bicyclic) bond motifs is 1. The van der Waals surface area contributed by atoms with E-state index in [1.807, 2.05) is 0 Å². The molecule has 1 fully saturated rings. The third-order valence-electron chi connectivity index (χ3n) is 4.94. The summed E-state index contributed by atoms with van der Waals surface area (Å²) in [6.07, 6.45) is 7.68. The number of hydrogen-bond acceptors (Lipinski definition) is 5. The van der Waals surface area contributed by atoms with Crippen LogP contribution in [-0.2, 0) is 6.54 Å². The second kappa shape index (κ2) is 6.92. The molecule has 136 valence electrons. The molecule has 0 amide bonds. The van der Waals surface area contributed by atoms with Gasteiger partial charge in [-0.25, -0.2) is 9.37 Å². The highest BCUT2D eigenvalue weighted by Gasteiger charge is 2.20. The standard InChI is InChI=1S/C19H22FN5O/c1-23-6-2-3-15(13-23)25-9-7-24(8-10-25)12-14-4-5-16-19(18(14)20)22-17(26)11-21-16/h2-5,11,13H,6-10,12H2,1H3,(H,22,26). The van der Waals surface area contributed by atoms with E-state index in [0.29, 0.717) is 17.6 Å². The summed E-state index contributed by atoms with van der Waals surface area (Å²) in [7, 11) is 2.07. The molecular formula is C19H22FN5O. The second-order valence-corrected chi connectivity index (χ2v) is 6.84. The smallest absolute Gasteiger partial charge is 0.266 e. The van der Waals surface area contributed by atoms with Crippen LogP contribution in [-0.4, -0.2) is 64.4 Å². The van der Waals surface area contributed by atoms with Crippen molar-refractivity contribution in [2.45, 2.75) is 6.54 Å². The van der Waals surface area contributed by atoms with Gasteiger partial charge in [0.05, 0.1) is 17.4 Å². The minimum Gasteiger partial charge on any atom is -0.375 e. The van der Waals surface area contributed by atoms with Crippen LogP contribution in [0.25, 0.3) is 11.0 Å². The lowest BCUT2D eigenvalue weighted by molar-refractivity contribution is 0.152. The molecule has 0 spiro atoms. The number of aromatic nitrogens is 2. The van der Waals surface area contributed by atoms with Crippen molar-refractivity contribution in [2.24, 2.45) is 0 Å². The van der Waals surface area contributed by atoms with E-state index in [2.05, 4.69) is 50.1 Å². The number of piperazine rings is 1. The van der Waals surface area contributed by atoms with Gasteiger partial charge in [-0.2, -0.15) is 0 Å². The van der Waals surface area contributed by atoms with Crippen LogP contribution in [0.1, 0.15) is 5.56 Å². The van der Waals surface area contributed by atoms with Gasteiger partial charge in [0.25, 0.3) is 5.56 Å². The van der Waals surface area contributed by atoms with E-state index in [9.17, 15) is 9.18 Å². The van der Waals surface area contributed by atoms with E-state index in [4.69, 9.17) is 0 Å². The Kier molecular flexibility index (Phi) is 4.46. The Labute approximate surface area is 151 Å². The van der Waals surface area contributed by atoms with Gasteiger partial charge in [-0.1, -0.05) is 12.1 Å². The van der Waals surface area contributed by atoms with Crippen LogP contribution in [0.3, 0.4) is 0 Å². The second-order valence-electron chi connectivity index (χ2n) is 6.84. The zero-order chi connectivity index (χ0) is 18.1. The van der Waals surface area contributed by atoms with Crippen molar-refractivity contribution < 1.29 is 4.39 Å². The SMILES string of the molecule is CN1C=C(N2CCN(Cc3ccc4ncc(=O)[nH]c4c3F)CC2)C=CC1. The zero-order valence-corrected chi connectivity index (χ0v) is 14.8. The fourth-order valence-corrected chi connectivity index (χ4v) is 3.49. The van der Waals surface area contributed by atoms with Crippen LogP contribution in [0.15, 0.2) is 47.2 Å². The molecule has 0 saturated carbocycles. The Morgan fingerprint density at radius 3 is 2.81 bits per heavy atom. The molecule has 26 heavy (non-hydrogen) atoms. The van der Waals surface area contributed by atoms with Gasteiger partial charge < -0.3 is 14.8 Å². The third-order valence-corrected chi connectivity index (χ3v) is 4.94. The summed E-state index contributed by atoms with van der Waals surface area (Å²) in [5.74, 6) is -0.380. The molecule has 7 heteroatoms. The first-order valence-electron chi connectivity index (χ1n) is 8.82. The number of nitrogens with one attached hydrogen (secondary N) is 1. The molecule has 1 aromatic heterocycles. The van der Waals surface area contributed by atoms with Crippen molar-refractivity contribution in [3.8, 4) is 0 Å². The number of hydrogen-bond donors (Lipinski definition) is 1. The summed E-state index contributed by atoms with van der Waals surface area (Å²) in [6, 6.07) is 3.52. The van der Waals surface area contributed by atoms with Crippen molar-refractivity contribution in [3.63, 3.8) is 0 Å². The first-order chi connectivity index (χ1) is 12.6. The summed E-state index contributed by atoms with van der Waals surface area (Å²) >= 11 is 0. The Balaban J connectivity index is 1.45. The highest BCUT2D eigenvalue weighted by molar-refractivity contribution is 5.75. The predicted octanol–water partition coefficient (Wildman–Crippen LogP) is 1.52. The fourth-order valence-electron chi connectivity index (χ4n) is 3.49. The maximum atomic E-state index is 14.7. The first kappa shape index (κ1) is 16.8. The van der Waals surface area contributed by atoms with E-state index in [1.54, 1.807) is 12.1 Å². The lowest BCUT2D eigenvalue weighted by atomic mass is 10.1. The normalized spacial score (nSPS) is 18.5. The molecule has 0 unspecified atom stereocenters. The number of halogens is 1. The molecule has 2 aliphatic rings. The molecular weight excluding hydrogens is 333 g/mol. The van der Waals surface area contributed by atoms with E-state index in [1.165, 1.54) is 11.9 Å². The van der Waals surface area contributed by atoms with Gasteiger partial charge in [0.15, 0.2) is 5.82 Å². The minimum absolute atomic E-state index is 0.189. The van der Waals surface area contributed by atoms with Crippen LogP contribution in [0.4, 0.5) is 4.39 Å². The highest BCUT2D eigenvalue weighted by atomic mass is 19.1. The van der Waals surface area contributed by atoms with Crippen LogP contribution in [0, 0.1) is 5.82 Å².